The van der Waals surface area contributed by atoms with Gasteiger partial charge in [0.15, 0.2) is 0 Å². The molecular formula is C13H11N3O2S. The minimum atomic E-state index is 0.481. The number of hydrogen-bond donors (Lipinski definition) is 0. The van der Waals surface area contributed by atoms with E-state index < -0.39 is 0 Å². The number of thioether (sulfide) groups is 1. The first-order valence-corrected chi connectivity index (χ1v) is 6.72. The Morgan fingerprint density at radius 1 is 1.21 bits per heavy atom. The Balaban J connectivity index is 1.71. The van der Waals surface area contributed by atoms with Gasteiger partial charge in [0.05, 0.1) is 17.5 Å². The molecule has 0 unspecified atom stereocenters. The molecule has 96 valence electrons. The zero-order chi connectivity index (χ0) is 13.1. The number of hydrogen-bond acceptors (Lipinski definition) is 6. The van der Waals surface area contributed by atoms with Crippen LogP contribution in [0.25, 0.3) is 11.5 Å². The van der Waals surface area contributed by atoms with Gasteiger partial charge in [0.2, 0.25) is 0 Å². The standard InChI is InChI=1S/C13H11N3O2S/c1-9-11(5-7-17-9)12-15-16-13(18-12)19-8-10-4-2-3-6-14-10/h2-7H,8H2,1H3. The van der Waals surface area contributed by atoms with Crippen LogP contribution >= 0.6 is 11.8 Å². The van der Waals surface area contributed by atoms with Crippen LogP contribution in [0.5, 0.6) is 0 Å². The Kier molecular flexibility index (Phi) is 3.33. The van der Waals surface area contributed by atoms with Gasteiger partial charge >= 0.3 is 0 Å². The molecule has 3 aromatic rings. The minimum Gasteiger partial charge on any atom is -0.469 e. The lowest BCUT2D eigenvalue weighted by atomic mass is 10.3. The van der Waals surface area contributed by atoms with E-state index >= 15 is 0 Å². The Labute approximate surface area is 114 Å². The molecule has 3 rings (SSSR count). The lowest BCUT2D eigenvalue weighted by Gasteiger charge is -1.95. The summed E-state index contributed by atoms with van der Waals surface area (Å²) in [6.07, 6.45) is 3.37. The highest BCUT2D eigenvalue weighted by Gasteiger charge is 2.13. The van der Waals surface area contributed by atoms with E-state index in [0.717, 1.165) is 17.0 Å². The molecule has 0 radical (unpaired) electrons. The van der Waals surface area contributed by atoms with E-state index in [9.17, 15) is 0 Å². The van der Waals surface area contributed by atoms with Gasteiger partial charge in [0, 0.05) is 11.9 Å². The molecule has 3 heterocycles. The summed E-state index contributed by atoms with van der Waals surface area (Å²) in [5.41, 5.74) is 1.81. The van der Waals surface area contributed by atoms with Crippen LogP contribution in [-0.4, -0.2) is 15.2 Å². The molecule has 3 aromatic heterocycles. The van der Waals surface area contributed by atoms with Crippen LogP contribution in [0.1, 0.15) is 11.5 Å². The summed E-state index contributed by atoms with van der Waals surface area (Å²) < 4.78 is 10.8. The van der Waals surface area contributed by atoms with Crippen molar-refractivity contribution in [2.24, 2.45) is 0 Å². The second kappa shape index (κ2) is 5.27. The molecule has 0 aliphatic rings. The van der Waals surface area contributed by atoms with Gasteiger partial charge in [-0.25, -0.2) is 0 Å². The summed E-state index contributed by atoms with van der Waals surface area (Å²) in [6.45, 7) is 1.86. The van der Waals surface area contributed by atoms with Crippen LogP contribution in [0.3, 0.4) is 0 Å². The maximum absolute atomic E-state index is 5.58. The molecule has 0 aromatic carbocycles. The summed E-state index contributed by atoms with van der Waals surface area (Å²) in [7, 11) is 0. The lowest BCUT2D eigenvalue weighted by molar-refractivity contribution is 0.463. The average molecular weight is 273 g/mol. The van der Waals surface area contributed by atoms with E-state index in [-0.39, 0.29) is 0 Å². The second-order valence-corrected chi connectivity index (χ2v) is 4.80. The van der Waals surface area contributed by atoms with Gasteiger partial charge in [-0.2, -0.15) is 0 Å². The first-order valence-electron chi connectivity index (χ1n) is 5.73. The number of rotatable bonds is 4. The van der Waals surface area contributed by atoms with Crippen LogP contribution < -0.4 is 0 Å². The predicted molar refractivity (Wildman–Crippen MR) is 70.5 cm³/mol. The fourth-order valence-corrected chi connectivity index (χ4v) is 2.28. The van der Waals surface area contributed by atoms with Gasteiger partial charge < -0.3 is 8.83 Å². The minimum absolute atomic E-state index is 0.481. The van der Waals surface area contributed by atoms with Crippen molar-refractivity contribution < 1.29 is 8.83 Å². The normalized spacial score (nSPS) is 10.8. The monoisotopic (exact) mass is 273 g/mol. The molecule has 0 amide bonds. The molecule has 0 atom stereocenters. The number of furan rings is 1. The molecule has 0 saturated heterocycles. The average Bonchev–Trinajstić information content (AvgIpc) is 3.06. The van der Waals surface area contributed by atoms with Crippen molar-refractivity contribution in [1.29, 1.82) is 0 Å². The number of aryl methyl sites for hydroxylation is 1. The van der Waals surface area contributed by atoms with Gasteiger partial charge in [0.1, 0.15) is 5.76 Å². The van der Waals surface area contributed by atoms with Gasteiger partial charge in [-0.15, -0.1) is 10.2 Å². The summed E-state index contributed by atoms with van der Waals surface area (Å²) in [6, 6.07) is 7.62. The Bertz CT molecular complexity index is 663. The van der Waals surface area contributed by atoms with Crippen molar-refractivity contribution >= 4 is 11.8 Å². The summed E-state index contributed by atoms with van der Waals surface area (Å²) in [5.74, 6) is 1.95. The Morgan fingerprint density at radius 2 is 2.16 bits per heavy atom. The highest BCUT2D eigenvalue weighted by molar-refractivity contribution is 7.98. The van der Waals surface area contributed by atoms with Crippen LogP contribution in [0.2, 0.25) is 0 Å². The molecule has 0 aliphatic heterocycles. The lowest BCUT2D eigenvalue weighted by Crippen LogP contribution is -1.84. The molecule has 5 nitrogen and oxygen atoms in total. The first kappa shape index (κ1) is 12.0. The summed E-state index contributed by atoms with van der Waals surface area (Å²) >= 11 is 1.46. The van der Waals surface area contributed by atoms with Crippen molar-refractivity contribution in [3.63, 3.8) is 0 Å². The third-order valence-corrected chi connectivity index (χ3v) is 3.42. The predicted octanol–water partition coefficient (Wildman–Crippen LogP) is 3.33. The highest BCUT2D eigenvalue weighted by Crippen LogP contribution is 2.27. The van der Waals surface area contributed by atoms with E-state index in [1.165, 1.54) is 11.8 Å². The van der Waals surface area contributed by atoms with Gasteiger partial charge in [0.25, 0.3) is 11.1 Å². The summed E-state index contributed by atoms with van der Waals surface area (Å²) in [4.78, 5) is 4.24. The second-order valence-electron chi connectivity index (χ2n) is 3.87. The smallest absolute Gasteiger partial charge is 0.277 e. The largest absolute Gasteiger partial charge is 0.469 e. The van der Waals surface area contributed by atoms with E-state index in [2.05, 4.69) is 15.2 Å². The number of pyridine rings is 1. The maximum atomic E-state index is 5.58. The first-order chi connectivity index (χ1) is 9.33. The molecule has 0 N–H and O–H groups in total. The van der Waals surface area contributed by atoms with Crippen molar-refractivity contribution in [3.05, 3.63) is 48.2 Å². The molecule has 0 bridgehead atoms. The quantitative estimate of drug-likeness (QED) is 0.679. The number of nitrogens with zero attached hydrogens (tertiary/aromatic N) is 3. The van der Waals surface area contributed by atoms with Crippen LogP contribution in [-0.2, 0) is 5.75 Å². The van der Waals surface area contributed by atoms with E-state index in [1.54, 1.807) is 12.5 Å². The molecule has 0 fully saturated rings. The van der Waals surface area contributed by atoms with Crippen molar-refractivity contribution in [1.82, 2.24) is 15.2 Å². The van der Waals surface area contributed by atoms with E-state index in [0.29, 0.717) is 16.9 Å². The van der Waals surface area contributed by atoms with Gasteiger partial charge in [-0.3, -0.25) is 4.98 Å². The Hall–Kier alpha value is -2.08. The van der Waals surface area contributed by atoms with Crippen molar-refractivity contribution in [2.45, 2.75) is 17.9 Å². The van der Waals surface area contributed by atoms with Gasteiger partial charge in [-0.05, 0) is 25.1 Å². The molecule has 6 heteroatoms. The van der Waals surface area contributed by atoms with Crippen LogP contribution in [0.15, 0.2) is 50.8 Å². The van der Waals surface area contributed by atoms with Crippen molar-refractivity contribution in [3.8, 4) is 11.5 Å². The van der Waals surface area contributed by atoms with Crippen molar-refractivity contribution in [2.75, 3.05) is 0 Å². The maximum Gasteiger partial charge on any atom is 0.277 e. The fraction of sp³-hybridized carbons (Fsp3) is 0.154. The molecule has 0 spiro atoms. The zero-order valence-electron chi connectivity index (χ0n) is 10.2. The fourth-order valence-electron chi connectivity index (χ4n) is 1.60. The van der Waals surface area contributed by atoms with Crippen LogP contribution in [0, 0.1) is 6.92 Å². The third-order valence-electron chi connectivity index (χ3n) is 2.57. The van der Waals surface area contributed by atoms with E-state index in [1.807, 2.05) is 31.2 Å². The molecular weight excluding hydrogens is 262 g/mol. The van der Waals surface area contributed by atoms with E-state index in [4.69, 9.17) is 8.83 Å². The topological polar surface area (TPSA) is 65.0 Å². The summed E-state index contributed by atoms with van der Waals surface area (Å²) in [5, 5.41) is 8.55. The SMILES string of the molecule is Cc1occc1-c1nnc(SCc2ccccn2)o1. The molecule has 0 aliphatic carbocycles. The third kappa shape index (κ3) is 2.68. The number of aromatic nitrogens is 3. The zero-order valence-corrected chi connectivity index (χ0v) is 11.1. The molecule has 19 heavy (non-hydrogen) atoms. The Morgan fingerprint density at radius 3 is 2.89 bits per heavy atom. The van der Waals surface area contributed by atoms with Crippen LogP contribution in [0.4, 0.5) is 0 Å². The highest BCUT2D eigenvalue weighted by atomic mass is 32.2. The van der Waals surface area contributed by atoms with Gasteiger partial charge in [-0.1, -0.05) is 17.8 Å². The molecule has 0 saturated carbocycles.